The highest BCUT2D eigenvalue weighted by molar-refractivity contribution is 6.35. The third-order valence-corrected chi connectivity index (χ3v) is 2.79. The van der Waals surface area contributed by atoms with Gasteiger partial charge in [-0.3, -0.25) is 9.59 Å². The molecule has 2 amide bonds. The Morgan fingerprint density at radius 2 is 1.76 bits per heavy atom. The standard InChI is InChI=1S/C14H20N2O5/c1-4-15-13(18)14(19)16-8-10(17)9-5-6-11(20-2)12(7-9)21-3/h5-7,10,17H,4,8H2,1-3H3,(H,15,18)(H,16,19). The molecule has 7 nitrogen and oxygen atoms in total. The minimum absolute atomic E-state index is 0.0779. The lowest BCUT2D eigenvalue weighted by Gasteiger charge is -2.14. The summed E-state index contributed by atoms with van der Waals surface area (Å²) >= 11 is 0. The van der Waals surface area contributed by atoms with Crippen molar-refractivity contribution in [1.29, 1.82) is 0 Å². The Labute approximate surface area is 123 Å². The lowest BCUT2D eigenvalue weighted by atomic mass is 10.1. The fraction of sp³-hybridized carbons (Fsp3) is 0.429. The van der Waals surface area contributed by atoms with E-state index >= 15 is 0 Å². The van der Waals surface area contributed by atoms with Crippen LogP contribution in [0.25, 0.3) is 0 Å². The molecule has 1 unspecified atom stereocenters. The maximum absolute atomic E-state index is 11.4. The molecular formula is C14H20N2O5. The molecule has 0 radical (unpaired) electrons. The molecule has 0 spiro atoms. The van der Waals surface area contributed by atoms with Gasteiger partial charge in [-0.05, 0) is 24.6 Å². The van der Waals surface area contributed by atoms with Crippen LogP contribution in [0.3, 0.4) is 0 Å². The molecule has 0 saturated carbocycles. The highest BCUT2D eigenvalue weighted by atomic mass is 16.5. The quantitative estimate of drug-likeness (QED) is 0.642. The molecule has 21 heavy (non-hydrogen) atoms. The summed E-state index contributed by atoms with van der Waals surface area (Å²) in [6.45, 7) is 2.00. The number of aliphatic hydroxyl groups is 1. The summed E-state index contributed by atoms with van der Waals surface area (Å²) in [6, 6.07) is 4.93. The number of rotatable bonds is 6. The minimum atomic E-state index is -0.955. The Hall–Kier alpha value is -2.28. The van der Waals surface area contributed by atoms with Crippen LogP contribution in [-0.2, 0) is 9.59 Å². The Morgan fingerprint density at radius 1 is 1.14 bits per heavy atom. The third-order valence-electron chi connectivity index (χ3n) is 2.79. The van der Waals surface area contributed by atoms with E-state index in [0.717, 1.165) is 0 Å². The first-order valence-corrected chi connectivity index (χ1v) is 6.49. The zero-order valence-electron chi connectivity index (χ0n) is 12.3. The molecular weight excluding hydrogens is 276 g/mol. The van der Waals surface area contributed by atoms with E-state index in [9.17, 15) is 14.7 Å². The lowest BCUT2D eigenvalue weighted by molar-refractivity contribution is -0.139. The number of carbonyl (C=O) groups is 2. The molecule has 3 N–H and O–H groups in total. The first kappa shape index (κ1) is 16.8. The van der Waals surface area contributed by atoms with Gasteiger partial charge < -0.3 is 25.2 Å². The van der Waals surface area contributed by atoms with E-state index in [0.29, 0.717) is 23.6 Å². The molecule has 0 aliphatic rings. The van der Waals surface area contributed by atoms with Crippen LogP contribution in [0.2, 0.25) is 0 Å². The average Bonchev–Trinajstić information content (AvgIpc) is 2.51. The van der Waals surface area contributed by atoms with Crippen LogP contribution in [0.4, 0.5) is 0 Å². The highest BCUT2D eigenvalue weighted by Gasteiger charge is 2.16. The molecule has 0 fully saturated rings. The molecule has 0 heterocycles. The van der Waals surface area contributed by atoms with Crippen molar-refractivity contribution in [3.63, 3.8) is 0 Å². The van der Waals surface area contributed by atoms with Gasteiger partial charge in [-0.2, -0.15) is 0 Å². The number of hydrogen-bond acceptors (Lipinski definition) is 5. The average molecular weight is 296 g/mol. The second-order valence-corrected chi connectivity index (χ2v) is 4.20. The number of aliphatic hydroxyl groups excluding tert-OH is 1. The summed E-state index contributed by atoms with van der Waals surface area (Å²) in [6.07, 6.45) is -0.955. The van der Waals surface area contributed by atoms with Crippen LogP contribution in [0, 0.1) is 0 Å². The van der Waals surface area contributed by atoms with Crippen molar-refractivity contribution < 1.29 is 24.2 Å². The van der Waals surface area contributed by atoms with Gasteiger partial charge >= 0.3 is 11.8 Å². The normalized spacial score (nSPS) is 11.4. The fourth-order valence-electron chi connectivity index (χ4n) is 1.69. The summed E-state index contributed by atoms with van der Waals surface area (Å²) < 4.78 is 10.2. The van der Waals surface area contributed by atoms with Gasteiger partial charge in [0.25, 0.3) is 0 Å². The van der Waals surface area contributed by atoms with Crippen LogP contribution in [0.1, 0.15) is 18.6 Å². The zero-order chi connectivity index (χ0) is 15.8. The van der Waals surface area contributed by atoms with Crippen LogP contribution in [0.5, 0.6) is 11.5 Å². The number of benzene rings is 1. The number of amides is 2. The molecule has 1 aromatic rings. The first-order valence-electron chi connectivity index (χ1n) is 6.49. The van der Waals surface area contributed by atoms with Crippen LogP contribution in [-0.4, -0.2) is 44.2 Å². The number of likely N-dealkylation sites (N-methyl/N-ethyl adjacent to an activating group) is 1. The number of hydrogen-bond donors (Lipinski definition) is 3. The van der Waals surface area contributed by atoms with Crippen molar-refractivity contribution in [3.05, 3.63) is 23.8 Å². The predicted octanol–water partition coefficient (Wildman–Crippen LogP) is -0.0105. The molecule has 1 atom stereocenters. The number of methoxy groups -OCH3 is 2. The maximum Gasteiger partial charge on any atom is 0.309 e. The van der Waals surface area contributed by atoms with Crippen molar-refractivity contribution in [2.45, 2.75) is 13.0 Å². The van der Waals surface area contributed by atoms with Gasteiger partial charge in [0.2, 0.25) is 0 Å². The van der Waals surface area contributed by atoms with Crippen molar-refractivity contribution >= 4 is 11.8 Å². The highest BCUT2D eigenvalue weighted by Crippen LogP contribution is 2.29. The number of nitrogens with one attached hydrogen (secondary N) is 2. The van der Waals surface area contributed by atoms with Crippen molar-refractivity contribution in [2.24, 2.45) is 0 Å². The van der Waals surface area contributed by atoms with Crippen molar-refractivity contribution in [2.75, 3.05) is 27.3 Å². The minimum Gasteiger partial charge on any atom is -0.493 e. The van der Waals surface area contributed by atoms with E-state index in [-0.39, 0.29) is 6.54 Å². The van der Waals surface area contributed by atoms with Gasteiger partial charge in [0.05, 0.1) is 20.3 Å². The molecule has 7 heteroatoms. The van der Waals surface area contributed by atoms with Gasteiger partial charge in [-0.25, -0.2) is 0 Å². The lowest BCUT2D eigenvalue weighted by Crippen LogP contribution is -2.41. The molecule has 0 aliphatic heterocycles. The molecule has 1 rings (SSSR count). The van der Waals surface area contributed by atoms with E-state index in [4.69, 9.17) is 9.47 Å². The van der Waals surface area contributed by atoms with E-state index < -0.39 is 17.9 Å². The van der Waals surface area contributed by atoms with Crippen molar-refractivity contribution in [1.82, 2.24) is 10.6 Å². The van der Waals surface area contributed by atoms with Gasteiger partial charge in [0.1, 0.15) is 0 Å². The summed E-state index contributed by atoms with van der Waals surface area (Å²) in [5, 5.41) is 14.8. The molecule has 1 aromatic carbocycles. The van der Waals surface area contributed by atoms with E-state index in [1.165, 1.54) is 14.2 Å². The molecule has 0 saturated heterocycles. The predicted molar refractivity (Wildman–Crippen MR) is 76.2 cm³/mol. The van der Waals surface area contributed by atoms with Crippen molar-refractivity contribution in [3.8, 4) is 11.5 Å². The zero-order valence-corrected chi connectivity index (χ0v) is 12.3. The molecule has 116 valence electrons. The van der Waals surface area contributed by atoms with Gasteiger partial charge in [0, 0.05) is 13.1 Å². The van der Waals surface area contributed by atoms with E-state index in [1.54, 1.807) is 25.1 Å². The second-order valence-electron chi connectivity index (χ2n) is 4.20. The topological polar surface area (TPSA) is 96.9 Å². The van der Waals surface area contributed by atoms with Gasteiger partial charge in [-0.15, -0.1) is 0 Å². The van der Waals surface area contributed by atoms with E-state index in [1.807, 2.05) is 0 Å². The Bertz CT molecular complexity index is 504. The molecule has 0 aromatic heterocycles. The van der Waals surface area contributed by atoms with Crippen LogP contribution >= 0.6 is 0 Å². The monoisotopic (exact) mass is 296 g/mol. The maximum atomic E-state index is 11.4. The smallest absolute Gasteiger partial charge is 0.309 e. The van der Waals surface area contributed by atoms with Gasteiger partial charge in [-0.1, -0.05) is 6.07 Å². The Kier molecular flexibility index (Phi) is 6.48. The summed E-state index contributed by atoms with van der Waals surface area (Å²) in [4.78, 5) is 22.6. The fourth-order valence-corrected chi connectivity index (χ4v) is 1.69. The van der Waals surface area contributed by atoms with E-state index in [2.05, 4.69) is 10.6 Å². The van der Waals surface area contributed by atoms with Crippen LogP contribution in [0.15, 0.2) is 18.2 Å². The number of carbonyl (C=O) groups excluding carboxylic acids is 2. The summed E-state index contributed by atoms with van der Waals surface area (Å²) in [7, 11) is 3.01. The van der Waals surface area contributed by atoms with Gasteiger partial charge in [0.15, 0.2) is 11.5 Å². The Morgan fingerprint density at radius 3 is 2.33 bits per heavy atom. The summed E-state index contributed by atoms with van der Waals surface area (Å²) in [5.74, 6) is -0.489. The Balaban J connectivity index is 2.65. The SMILES string of the molecule is CCNC(=O)C(=O)NCC(O)c1ccc(OC)c(OC)c1. The molecule has 0 bridgehead atoms. The summed E-state index contributed by atoms with van der Waals surface area (Å²) in [5.41, 5.74) is 0.545. The largest absolute Gasteiger partial charge is 0.493 e. The second kappa shape index (κ2) is 8.11. The number of ether oxygens (including phenoxy) is 2. The third kappa shape index (κ3) is 4.64. The molecule has 0 aliphatic carbocycles. The van der Waals surface area contributed by atoms with Crippen LogP contribution < -0.4 is 20.1 Å². The first-order chi connectivity index (χ1) is 10.0.